The Morgan fingerprint density at radius 2 is 2.16 bits per heavy atom. The molecule has 0 bridgehead atoms. The molecule has 0 aliphatic carbocycles. The van der Waals surface area contributed by atoms with Crippen LogP contribution < -0.4 is 5.32 Å². The fourth-order valence-electron chi connectivity index (χ4n) is 1.24. The van der Waals surface area contributed by atoms with Crippen molar-refractivity contribution < 1.29 is 4.79 Å². The summed E-state index contributed by atoms with van der Waals surface area (Å²) < 4.78 is 0.787. The number of amides is 1. The minimum atomic E-state index is -0.155. The molecular formula is C11H9Cl2N3OS2. The predicted octanol–water partition coefficient (Wildman–Crippen LogP) is 4.10. The third kappa shape index (κ3) is 4.35. The van der Waals surface area contributed by atoms with Gasteiger partial charge in [-0.05, 0) is 17.7 Å². The first-order valence-electron chi connectivity index (χ1n) is 5.22. The second-order valence-corrected chi connectivity index (χ2v) is 6.61. The van der Waals surface area contributed by atoms with E-state index in [2.05, 4.69) is 15.5 Å². The van der Waals surface area contributed by atoms with Crippen LogP contribution >= 0.6 is 46.3 Å². The van der Waals surface area contributed by atoms with Crippen LogP contribution in [0.2, 0.25) is 10.0 Å². The number of carbonyl (C=O) groups is 1. The smallest absolute Gasteiger partial charge is 0.223 e. The molecule has 1 aromatic carbocycles. The molecule has 100 valence electrons. The Labute approximate surface area is 128 Å². The fourth-order valence-corrected chi connectivity index (χ4v) is 3.31. The van der Waals surface area contributed by atoms with Crippen molar-refractivity contribution in [1.29, 1.82) is 0 Å². The van der Waals surface area contributed by atoms with Crippen molar-refractivity contribution in [2.75, 3.05) is 5.32 Å². The van der Waals surface area contributed by atoms with E-state index in [1.54, 1.807) is 6.07 Å². The molecular weight excluding hydrogens is 325 g/mol. The van der Waals surface area contributed by atoms with Gasteiger partial charge in [-0.2, -0.15) is 0 Å². The van der Waals surface area contributed by atoms with Gasteiger partial charge in [0.05, 0.1) is 10.0 Å². The largest absolute Gasteiger partial charge is 0.301 e. The minimum Gasteiger partial charge on any atom is -0.301 e. The van der Waals surface area contributed by atoms with Crippen LogP contribution in [0.4, 0.5) is 5.13 Å². The van der Waals surface area contributed by atoms with Crippen molar-refractivity contribution in [2.24, 2.45) is 0 Å². The van der Waals surface area contributed by atoms with Crippen molar-refractivity contribution in [3.8, 4) is 0 Å². The Balaban J connectivity index is 1.96. The van der Waals surface area contributed by atoms with Gasteiger partial charge in [-0.3, -0.25) is 4.79 Å². The molecule has 0 atom stereocenters. The van der Waals surface area contributed by atoms with Crippen LogP contribution in [0.3, 0.4) is 0 Å². The number of nitrogens with zero attached hydrogens (tertiary/aromatic N) is 2. The summed E-state index contributed by atoms with van der Waals surface area (Å²) in [6.45, 7) is 1.43. The van der Waals surface area contributed by atoms with E-state index in [0.29, 0.717) is 20.9 Å². The molecule has 19 heavy (non-hydrogen) atoms. The Kier molecular flexibility index (Phi) is 5.04. The van der Waals surface area contributed by atoms with Crippen LogP contribution in [-0.4, -0.2) is 16.1 Å². The van der Waals surface area contributed by atoms with Gasteiger partial charge in [-0.15, -0.1) is 10.2 Å². The lowest BCUT2D eigenvalue weighted by molar-refractivity contribution is -0.114. The number of hydrogen-bond donors (Lipinski definition) is 1. The number of thioether (sulfide) groups is 1. The minimum absolute atomic E-state index is 0.155. The highest BCUT2D eigenvalue weighted by Gasteiger charge is 2.07. The SMILES string of the molecule is CC(=O)Nc1nnc(SCc2ccc(Cl)c(Cl)c2)s1. The molecule has 1 heterocycles. The summed E-state index contributed by atoms with van der Waals surface area (Å²) in [5, 5.41) is 12.0. The summed E-state index contributed by atoms with van der Waals surface area (Å²) >= 11 is 14.7. The number of anilines is 1. The van der Waals surface area contributed by atoms with Crippen LogP contribution in [0.5, 0.6) is 0 Å². The summed E-state index contributed by atoms with van der Waals surface area (Å²) in [7, 11) is 0. The maximum Gasteiger partial charge on any atom is 0.223 e. The molecule has 1 aromatic heterocycles. The molecule has 0 spiro atoms. The van der Waals surface area contributed by atoms with Gasteiger partial charge in [0.2, 0.25) is 11.0 Å². The first kappa shape index (κ1) is 14.6. The van der Waals surface area contributed by atoms with E-state index in [-0.39, 0.29) is 5.91 Å². The van der Waals surface area contributed by atoms with E-state index in [4.69, 9.17) is 23.2 Å². The summed E-state index contributed by atoms with van der Waals surface area (Å²) in [6.07, 6.45) is 0. The van der Waals surface area contributed by atoms with Crippen molar-refractivity contribution in [3.63, 3.8) is 0 Å². The number of halogens is 2. The highest BCUT2D eigenvalue weighted by atomic mass is 35.5. The Morgan fingerprint density at radius 3 is 2.84 bits per heavy atom. The molecule has 0 unspecified atom stereocenters. The summed E-state index contributed by atoms with van der Waals surface area (Å²) in [5.41, 5.74) is 1.05. The van der Waals surface area contributed by atoms with E-state index in [1.165, 1.54) is 30.0 Å². The van der Waals surface area contributed by atoms with Crippen molar-refractivity contribution in [3.05, 3.63) is 33.8 Å². The lowest BCUT2D eigenvalue weighted by Crippen LogP contribution is -2.04. The molecule has 0 aliphatic rings. The highest BCUT2D eigenvalue weighted by molar-refractivity contribution is 8.00. The molecule has 1 amide bonds. The van der Waals surface area contributed by atoms with Crippen LogP contribution in [-0.2, 0) is 10.5 Å². The van der Waals surface area contributed by atoms with Gasteiger partial charge in [0.25, 0.3) is 0 Å². The fraction of sp³-hybridized carbons (Fsp3) is 0.182. The molecule has 2 aromatic rings. The number of carbonyl (C=O) groups excluding carboxylic acids is 1. The van der Waals surface area contributed by atoms with Gasteiger partial charge < -0.3 is 5.32 Å². The lowest BCUT2D eigenvalue weighted by atomic mass is 10.2. The summed E-state index contributed by atoms with van der Waals surface area (Å²) in [5.74, 6) is 0.558. The van der Waals surface area contributed by atoms with Gasteiger partial charge in [0.15, 0.2) is 4.34 Å². The molecule has 2 rings (SSSR count). The van der Waals surface area contributed by atoms with E-state index in [9.17, 15) is 4.79 Å². The van der Waals surface area contributed by atoms with E-state index >= 15 is 0 Å². The van der Waals surface area contributed by atoms with E-state index in [0.717, 1.165) is 9.90 Å². The number of aromatic nitrogens is 2. The van der Waals surface area contributed by atoms with Crippen LogP contribution in [0.1, 0.15) is 12.5 Å². The Bertz CT molecular complexity index is 603. The molecule has 0 saturated heterocycles. The highest BCUT2D eigenvalue weighted by Crippen LogP contribution is 2.30. The molecule has 1 N–H and O–H groups in total. The van der Waals surface area contributed by atoms with Crippen molar-refractivity contribution in [2.45, 2.75) is 17.0 Å². The van der Waals surface area contributed by atoms with Gasteiger partial charge in [0.1, 0.15) is 0 Å². The van der Waals surface area contributed by atoms with Crippen LogP contribution in [0.25, 0.3) is 0 Å². The first-order valence-corrected chi connectivity index (χ1v) is 7.78. The Morgan fingerprint density at radius 1 is 1.37 bits per heavy atom. The predicted molar refractivity (Wildman–Crippen MR) is 80.2 cm³/mol. The zero-order valence-corrected chi connectivity index (χ0v) is 13.0. The maximum absolute atomic E-state index is 10.9. The van der Waals surface area contributed by atoms with E-state index < -0.39 is 0 Å². The topological polar surface area (TPSA) is 54.9 Å². The maximum atomic E-state index is 10.9. The Hall–Kier alpha value is -0.820. The number of rotatable bonds is 4. The van der Waals surface area contributed by atoms with Gasteiger partial charge in [-0.25, -0.2) is 0 Å². The molecule has 4 nitrogen and oxygen atoms in total. The van der Waals surface area contributed by atoms with Gasteiger partial charge in [-0.1, -0.05) is 52.4 Å². The van der Waals surface area contributed by atoms with E-state index in [1.807, 2.05) is 12.1 Å². The summed E-state index contributed by atoms with van der Waals surface area (Å²) in [6, 6.07) is 5.51. The van der Waals surface area contributed by atoms with Crippen LogP contribution in [0, 0.1) is 0 Å². The van der Waals surface area contributed by atoms with Gasteiger partial charge in [0, 0.05) is 12.7 Å². The second kappa shape index (κ2) is 6.56. The number of benzene rings is 1. The van der Waals surface area contributed by atoms with Crippen molar-refractivity contribution in [1.82, 2.24) is 10.2 Å². The zero-order chi connectivity index (χ0) is 13.8. The number of hydrogen-bond acceptors (Lipinski definition) is 5. The third-order valence-corrected chi connectivity index (χ3v) is 4.82. The molecule has 0 radical (unpaired) electrons. The molecule has 0 fully saturated rings. The lowest BCUT2D eigenvalue weighted by Gasteiger charge is -2.01. The molecule has 0 saturated carbocycles. The third-order valence-electron chi connectivity index (χ3n) is 2.04. The monoisotopic (exact) mass is 333 g/mol. The summed E-state index contributed by atoms with van der Waals surface area (Å²) in [4.78, 5) is 10.9. The normalized spacial score (nSPS) is 10.5. The quantitative estimate of drug-likeness (QED) is 0.676. The zero-order valence-electron chi connectivity index (χ0n) is 9.81. The molecule has 8 heteroatoms. The standard InChI is InChI=1S/C11H9Cl2N3OS2/c1-6(17)14-10-15-16-11(19-10)18-5-7-2-3-8(12)9(13)4-7/h2-4H,5H2,1H3,(H,14,15,17). The van der Waals surface area contributed by atoms with Crippen molar-refractivity contribution >= 4 is 57.3 Å². The van der Waals surface area contributed by atoms with Gasteiger partial charge >= 0.3 is 0 Å². The second-order valence-electron chi connectivity index (χ2n) is 3.59. The average Bonchev–Trinajstić information content (AvgIpc) is 2.77. The molecule has 0 aliphatic heterocycles. The number of nitrogens with one attached hydrogen (secondary N) is 1. The average molecular weight is 334 g/mol. The first-order chi connectivity index (χ1) is 9.04. The van der Waals surface area contributed by atoms with Crippen LogP contribution in [0.15, 0.2) is 22.5 Å².